The third-order valence-electron chi connectivity index (χ3n) is 5.01. The summed E-state index contributed by atoms with van der Waals surface area (Å²) in [5.74, 6) is 2.21. The number of benzene rings is 1. The van der Waals surface area contributed by atoms with Gasteiger partial charge in [0.15, 0.2) is 15.6 Å². The van der Waals surface area contributed by atoms with Crippen molar-refractivity contribution in [2.75, 3.05) is 24.7 Å². The second kappa shape index (κ2) is 9.11. The Morgan fingerprint density at radius 3 is 2.76 bits per heavy atom. The summed E-state index contributed by atoms with van der Waals surface area (Å²) in [5, 5.41) is 10.5. The average molecular weight is 422 g/mol. The number of rotatable bonds is 9. The van der Waals surface area contributed by atoms with Gasteiger partial charge in [-0.15, -0.1) is 0 Å². The van der Waals surface area contributed by atoms with E-state index in [0.29, 0.717) is 24.3 Å². The van der Waals surface area contributed by atoms with Crippen LogP contribution in [0.25, 0.3) is 0 Å². The molecule has 8 heteroatoms. The van der Waals surface area contributed by atoms with Crippen LogP contribution in [0.2, 0.25) is 0 Å². The van der Waals surface area contributed by atoms with Gasteiger partial charge < -0.3 is 14.3 Å². The molecule has 3 rings (SSSR count). The molecular formula is C21H27NO6S. The number of aliphatic hydroxyl groups excluding tert-OH is 1. The number of ketones is 1. The van der Waals surface area contributed by atoms with Gasteiger partial charge in [0.05, 0.1) is 18.1 Å². The van der Waals surface area contributed by atoms with E-state index in [1.165, 1.54) is 6.92 Å². The molecule has 0 spiro atoms. The predicted molar refractivity (Wildman–Crippen MR) is 109 cm³/mol. The van der Waals surface area contributed by atoms with E-state index in [0.717, 1.165) is 11.5 Å². The smallest absolute Gasteiger partial charge is 0.159 e. The van der Waals surface area contributed by atoms with Crippen LogP contribution in [0.15, 0.2) is 40.8 Å². The fourth-order valence-corrected chi connectivity index (χ4v) is 5.26. The molecule has 1 N–H and O–H groups in total. The summed E-state index contributed by atoms with van der Waals surface area (Å²) in [6, 6.07) is 10.4. The molecule has 2 unspecified atom stereocenters. The van der Waals surface area contributed by atoms with E-state index in [1.807, 2.05) is 24.0 Å². The molecule has 1 aromatic heterocycles. The Morgan fingerprint density at radius 2 is 2.14 bits per heavy atom. The second-order valence-electron chi connectivity index (χ2n) is 7.55. The molecule has 0 amide bonds. The van der Waals surface area contributed by atoms with Crippen molar-refractivity contribution >= 4 is 15.6 Å². The van der Waals surface area contributed by atoms with Crippen molar-refractivity contribution < 1.29 is 27.5 Å². The van der Waals surface area contributed by atoms with Crippen molar-refractivity contribution in [2.45, 2.75) is 39.0 Å². The van der Waals surface area contributed by atoms with Gasteiger partial charge in [-0.25, -0.2) is 8.42 Å². The van der Waals surface area contributed by atoms with E-state index in [-0.39, 0.29) is 36.5 Å². The summed E-state index contributed by atoms with van der Waals surface area (Å²) in [6.07, 6.45) is -0.286. The first-order valence-corrected chi connectivity index (χ1v) is 11.5. The Labute approximate surface area is 171 Å². The number of furan rings is 1. The van der Waals surface area contributed by atoms with Gasteiger partial charge in [0, 0.05) is 18.2 Å². The Balaban J connectivity index is 1.63. The molecule has 1 aliphatic rings. The lowest BCUT2D eigenvalue weighted by atomic mass is 10.1. The number of aliphatic hydroxyl groups is 1. The van der Waals surface area contributed by atoms with E-state index in [9.17, 15) is 18.3 Å². The first-order chi connectivity index (χ1) is 13.7. The molecule has 0 aliphatic carbocycles. The number of Topliss-reactive ketones (excluding diaryl/α,β-unsaturated/α-hetero) is 1. The maximum atomic E-state index is 11.9. The molecule has 29 heavy (non-hydrogen) atoms. The zero-order valence-corrected chi connectivity index (χ0v) is 17.5. The van der Waals surface area contributed by atoms with E-state index in [4.69, 9.17) is 9.15 Å². The Kier molecular flexibility index (Phi) is 6.77. The van der Waals surface area contributed by atoms with E-state index < -0.39 is 15.9 Å². The van der Waals surface area contributed by atoms with Gasteiger partial charge in [-0.3, -0.25) is 9.69 Å². The van der Waals surface area contributed by atoms with Gasteiger partial charge >= 0.3 is 0 Å². The average Bonchev–Trinajstić information content (AvgIpc) is 3.24. The van der Waals surface area contributed by atoms with E-state index >= 15 is 0 Å². The molecule has 158 valence electrons. The summed E-state index contributed by atoms with van der Waals surface area (Å²) in [5.41, 5.74) is 0.544. The van der Waals surface area contributed by atoms with Crippen molar-refractivity contribution in [3.8, 4) is 5.75 Å². The lowest BCUT2D eigenvalue weighted by Crippen LogP contribution is -2.42. The van der Waals surface area contributed by atoms with Crippen LogP contribution < -0.4 is 4.74 Å². The zero-order valence-electron chi connectivity index (χ0n) is 16.7. The van der Waals surface area contributed by atoms with Gasteiger partial charge in [0.25, 0.3) is 0 Å². The normalized spacial score (nSPS) is 19.4. The molecular weight excluding hydrogens is 394 g/mol. The Bertz CT molecular complexity index is 952. The maximum Gasteiger partial charge on any atom is 0.159 e. The van der Waals surface area contributed by atoms with Gasteiger partial charge in [0.2, 0.25) is 0 Å². The summed E-state index contributed by atoms with van der Waals surface area (Å²) in [7, 11) is -3.05. The number of hydrogen-bond donors (Lipinski definition) is 1. The first kappa shape index (κ1) is 21.5. The van der Waals surface area contributed by atoms with Gasteiger partial charge in [-0.05, 0) is 44.5 Å². The fourth-order valence-electron chi connectivity index (χ4n) is 3.50. The van der Waals surface area contributed by atoms with Gasteiger partial charge in [-0.1, -0.05) is 12.1 Å². The predicted octanol–water partition coefficient (Wildman–Crippen LogP) is 2.22. The van der Waals surface area contributed by atoms with E-state index in [1.54, 1.807) is 24.3 Å². The molecule has 7 nitrogen and oxygen atoms in total. The minimum atomic E-state index is -3.05. The van der Waals surface area contributed by atoms with Crippen LogP contribution in [0.1, 0.15) is 35.2 Å². The molecule has 2 atom stereocenters. The zero-order chi connectivity index (χ0) is 21.0. The van der Waals surface area contributed by atoms with E-state index in [2.05, 4.69) is 0 Å². The monoisotopic (exact) mass is 421 g/mol. The molecule has 1 aromatic carbocycles. The van der Waals surface area contributed by atoms with Crippen LogP contribution in [0, 0.1) is 6.92 Å². The highest BCUT2D eigenvalue weighted by Crippen LogP contribution is 2.21. The molecule has 0 saturated carbocycles. The molecule has 1 aliphatic heterocycles. The first-order valence-electron chi connectivity index (χ1n) is 9.63. The van der Waals surface area contributed by atoms with Crippen LogP contribution in [-0.4, -0.2) is 61.0 Å². The van der Waals surface area contributed by atoms with Crippen molar-refractivity contribution in [1.82, 2.24) is 4.90 Å². The van der Waals surface area contributed by atoms with Crippen LogP contribution in [-0.2, 0) is 16.4 Å². The third kappa shape index (κ3) is 6.16. The molecule has 2 aromatic rings. The standard InChI is InChI=1S/C21H27NO6S/c1-15-6-7-21(28-15)12-22(18-8-9-29(25,26)14-18)11-19(24)13-27-20-5-3-4-17(10-20)16(2)23/h3-7,10,18-19,24H,8-9,11-14H2,1-2H3. The third-order valence-corrected chi connectivity index (χ3v) is 6.76. The van der Waals surface area contributed by atoms with Crippen molar-refractivity contribution in [2.24, 2.45) is 0 Å². The Morgan fingerprint density at radius 1 is 1.34 bits per heavy atom. The molecule has 1 saturated heterocycles. The maximum absolute atomic E-state index is 11.9. The van der Waals surface area contributed by atoms with Crippen LogP contribution in [0.5, 0.6) is 5.75 Å². The van der Waals surface area contributed by atoms with Crippen molar-refractivity contribution in [3.63, 3.8) is 0 Å². The molecule has 1 fully saturated rings. The minimum Gasteiger partial charge on any atom is -0.491 e. The lowest BCUT2D eigenvalue weighted by Gasteiger charge is -2.29. The summed E-state index contributed by atoms with van der Waals surface area (Å²) < 4.78 is 35.1. The largest absolute Gasteiger partial charge is 0.491 e. The fraction of sp³-hybridized carbons (Fsp3) is 0.476. The minimum absolute atomic E-state index is 0.0362. The quantitative estimate of drug-likeness (QED) is 0.620. The molecule has 0 radical (unpaired) electrons. The number of hydrogen-bond acceptors (Lipinski definition) is 7. The highest BCUT2D eigenvalue weighted by atomic mass is 32.2. The SMILES string of the molecule is CC(=O)c1cccc(OCC(O)CN(Cc2ccc(C)o2)C2CCS(=O)(=O)C2)c1. The summed E-state index contributed by atoms with van der Waals surface area (Å²) in [6.45, 7) is 4.05. The lowest BCUT2D eigenvalue weighted by molar-refractivity contribution is 0.0496. The summed E-state index contributed by atoms with van der Waals surface area (Å²) >= 11 is 0. The number of sulfone groups is 1. The van der Waals surface area contributed by atoms with Crippen LogP contribution >= 0.6 is 0 Å². The van der Waals surface area contributed by atoms with Crippen LogP contribution in [0.3, 0.4) is 0 Å². The number of nitrogens with zero attached hydrogens (tertiary/aromatic N) is 1. The van der Waals surface area contributed by atoms with Crippen molar-refractivity contribution in [1.29, 1.82) is 0 Å². The topological polar surface area (TPSA) is 97.1 Å². The van der Waals surface area contributed by atoms with Gasteiger partial charge in [0.1, 0.15) is 30.0 Å². The number of aryl methyl sites for hydroxylation is 1. The summed E-state index contributed by atoms with van der Waals surface area (Å²) in [4.78, 5) is 13.4. The van der Waals surface area contributed by atoms with Gasteiger partial charge in [-0.2, -0.15) is 0 Å². The second-order valence-corrected chi connectivity index (χ2v) is 9.78. The molecule has 2 heterocycles. The number of ether oxygens (including phenoxy) is 1. The van der Waals surface area contributed by atoms with Crippen molar-refractivity contribution in [3.05, 3.63) is 53.5 Å². The number of carbonyl (C=O) groups excluding carboxylic acids is 1. The van der Waals surface area contributed by atoms with Crippen LogP contribution in [0.4, 0.5) is 0 Å². The highest BCUT2D eigenvalue weighted by Gasteiger charge is 2.33. The number of carbonyl (C=O) groups is 1. The Hall–Kier alpha value is -2.16. The molecule has 0 bridgehead atoms. The highest BCUT2D eigenvalue weighted by molar-refractivity contribution is 7.91.